The summed E-state index contributed by atoms with van der Waals surface area (Å²) in [5.41, 5.74) is 0. The summed E-state index contributed by atoms with van der Waals surface area (Å²) in [6.07, 6.45) is 6.10. The van der Waals surface area contributed by atoms with Crippen LogP contribution in [0, 0.1) is 0 Å². The molecule has 0 unspecified atom stereocenters. The van der Waals surface area contributed by atoms with Gasteiger partial charge in [0.25, 0.3) is 0 Å². The molecule has 1 rings (SSSR count). The second kappa shape index (κ2) is 6.01. The molecular formula is C12H20O4. The third-order valence-electron chi connectivity index (χ3n) is 2.38. The smallest absolute Gasteiger partial charge is 0.305 e. The molecule has 16 heavy (non-hydrogen) atoms. The Morgan fingerprint density at radius 3 is 2.81 bits per heavy atom. The van der Waals surface area contributed by atoms with Crippen molar-refractivity contribution in [2.24, 2.45) is 0 Å². The van der Waals surface area contributed by atoms with E-state index >= 15 is 0 Å². The van der Waals surface area contributed by atoms with E-state index in [-0.39, 0.29) is 12.1 Å². The summed E-state index contributed by atoms with van der Waals surface area (Å²) >= 11 is 0. The molecule has 1 heterocycles. The third kappa shape index (κ3) is 4.77. The van der Waals surface area contributed by atoms with Crippen LogP contribution in [0.1, 0.15) is 33.1 Å². The number of carbonyl (C=O) groups is 1. The molecule has 0 bridgehead atoms. The number of hydrogen-bond acceptors (Lipinski definition) is 4. The summed E-state index contributed by atoms with van der Waals surface area (Å²) in [6, 6.07) is 0. The minimum Gasteiger partial charge on any atom is -0.469 e. The Morgan fingerprint density at radius 1 is 1.50 bits per heavy atom. The third-order valence-corrected chi connectivity index (χ3v) is 2.38. The topological polar surface area (TPSA) is 44.8 Å². The molecule has 0 aliphatic carbocycles. The fraction of sp³-hybridized carbons (Fsp3) is 0.750. The molecule has 0 aromatic carbocycles. The normalized spacial score (nSPS) is 23.8. The standard InChI is InChI=1S/C12H20O4/c1-12(2)15-9-10(16-12)7-5-4-6-8-11(13)14-3/h4-5,10H,6-9H2,1-3H3/b5-4-/t10-/m0/s1. The number of rotatable bonds is 5. The highest BCUT2D eigenvalue weighted by atomic mass is 16.7. The van der Waals surface area contributed by atoms with Crippen LogP contribution in [0.3, 0.4) is 0 Å². The highest BCUT2D eigenvalue weighted by Crippen LogP contribution is 2.24. The van der Waals surface area contributed by atoms with E-state index < -0.39 is 5.79 Å². The summed E-state index contributed by atoms with van der Waals surface area (Å²) in [5, 5.41) is 0. The zero-order chi connectivity index (χ0) is 12.0. The Labute approximate surface area is 96.6 Å². The fourth-order valence-electron chi connectivity index (χ4n) is 1.55. The van der Waals surface area contributed by atoms with Crippen molar-refractivity contribution >= 4 is 5.97 Å². The van der Waals surface area contributed by atoms with Crippen molar-refractivity contribution < 1.29 is 19.0 Å². The van der Waals surface area contributed by atoms with Gasteiger partial charge in [-0.3, -0.25) is 4.79 Å². The van der Waals surface area contributed by atoms with Crippen LogP contribution in [0.25, 0.3) is 0 Å². The summed E-state index contributed by atoms with van der Waals surface area (Å²) in [6.45, 7) is 4.45. The zero-order valence-corrected chi connectivity index (χ0v) is 10.2. The average molecular weight is 228 g/mol. The number of esters is 1. The summed E-state index contributed by atoms with van der Waals surface area (Å²) in [4.78, 5) is 10.8. The van der Waals surface area contributed by atoms with E-state index in [9.17, 15) is 4.79 Å². The van der Waals surface area contributed by atoms with Gasteiger partial charge in [0.2, 0.25) is 0 Å². The zero-order valence-electron chi connectivity index (χ0n) is 10.2. The highest BCUT2D eigenvalue weighted by Gasteiger charge is 2.31. The molecule has 1 saturated heterocycles. The van der Waals surface area contributed by atoms with Crippen LogP contribution in [0.5, 0.6) is 0 Å². The number of allylic oxidation sites excluding steroid dienone is 1. The molecule has 0 spiro atoms. The lowest BCUT2D eigenvalue weighted by Gasteiger charge is -2.16. The first-order chi connectivity index (χ1) is 7.53. The average Bonchev–Trinajstić information content (AvgIpc) is 2.57. The lowest BCUT2D eigenvalue weighted by molar-refractivity contribution is -0.140. The molecule has 1 aliphatic rings. The maximum Gasteiger partial charge on any atom is 0.305 e. The molecule has 4 nitrogen and oxygen atoms in total. The van der Waals surface area contributed by atoms with Gasteiger partial charge in [0, 0.05) is 6.42 Å². The molecule has 0 aromatic rings. The first-order valence-corrected chi connectivity index (χ1v) is 5.57. The molecule has 92 valence electrons. The lowest BCUT2D eigenvalue weighted by Crippen LogP contribution is -2.21. The van der Waals surface area contributed by atoms with Crippen LogP contribution < -0.4 is 0 Å². The second-order valence-electron chi connectivity index (χ2n) is 4.27. The monoisotopic (exact) mass is 228 g/mol. The van der Waals surface area contributed by atoms with Gasteiger partial charge in [0.05, 0.1) is 19.8 Å². The predicted molar refractivity (Wildman–Crippen MR) is 59.9 cm³/mol. The van der Waals surface area contributed by atoms with E-state index in [1.807, 2.05) is 26.0 Å². The molecule has 0 N–H and O–H groups in total. The largest absolute Gasteiger partial charge is 0.469 e. The van der Waals surface area contributed by atoms with Gasteiger partial charge in [-0.25, -0.2) is 0 Å². The van der Waals surface area contributed by atoms with Crippen molar-refractivity contribution in [3.05, 3.63) is 12.2 Å². The quantitative estimate of drug-likeness (QED) is 0.533. The van der Waals surface area contributed by atoms with Crippen molar-refractivity contribution in [1.29, 1.82) is 0 Å². The van der Waals surface area contributed by atoms with E-state index in [1.165, 1.54) is 7.11 Å². The van der Waals surface area contributed by atoms with E-state index in [1.54, 1.807) is 0 Å². The van der Waals surface area contributed by atoms with E-state index in [0.717, 1.165) is 6.42 Å². The summed E-state index contributed by atoms with van der Waals surface area (Å²) < 4.78 is 15.6. The minimum atomic E-state index is -0.454. The Kier molecular flexibility index (Phi) is 4.96. The molecule has 0 radical (unpaired) electrons. The fourth-order valence-corrected chi connectivity index (χ4v) is 1.55. The molecular weight excluding hydrogens is 208 g/mol. The van der Waals surface area contributed by atoms with Gasteiger partial charge in [-0.2, -0.15) is 0 Å². The number of ether oxygens (including phenoxy) is 3. The lowest BCUT2D eigenvalue weighted by atomic mass is 10.2. The molecule has 0 aromatic heterocycles. The first kappa shape index (κ1) is 13.2. The van der Waals surface area contributed by atoms with Gasteiger partial charge < -0.3 is 14.2 Å². The van der Waals surface area contributed by atoms with E-state index in [4.69, 9.17) is 9.47 Å². The van der Waals surface area contributed by atoms with E-state index in [2.05, 4.69) is 4.74 Å². The maximum absolute atomic E-state index is 10.8. The van der Waals surface area contributed by atoms with Crippen LogP contribution in [-0.4, -0.2) is 31.6 Å². The SMILES string of the molecule is COC(=O)CC/C=C\C[C@H]1COC(C)(C)O1. The van der Waals surface area contributed by atoms with Crippen molar-refractivity contribution in [2.45, 2.75) is 45.0 Å². The Hall–Kier alpha value is -0.870. The van der Waals surface area contributed by atoms with Crippen molar-refractivity contribution in [3.8, 4) is 0 Å². The van der Waals surface area contributed by atoms with Crippen LogP contribution in [0.2, 0.25) is 0 Å². The molecule has 1 aliphatic heterocycles. The number of hydrogen-bond donors (Lipinski definition) is 0. The summed E-state index contributed by atoms with van der Waals surface area (Å²) in [7, 11) is 1.40. The minimum absolute atomic E-state index is 0.129. The Balaban J connectivity index is 2.11. The molecule has 1 atom stereocenters. The molecule has 4 heteroatoms. The van der Waals surface area contributed by atoms with Gasteiger partial charge in [0.1, 0.15) is 0 Å². The maximum atomic E-state index is 10.8. The highest BCUT2D eigenvalue weighted by molar-refractivity contribution is 5.69. The van der Waals surface area contributed by atoms with Crippen LogP contribution in [0.15, 0.2) is 12.2 Å². The van der Waals surface area contributed by atoms with Crippen molar-refractivity contribution in [2.75, 3.05) is 13.7 Å². The molecule has 1 fully saturated rings. The number of methoxy groups -OCH3 is 1. The van der Waals surface area contributed by atoms with Crippen molar-refractivity contribution in [3.63, 3.8) is 0 Å². The van der Waals surface area contributed by atoms with Gasteiger partial charge >= 0.3 is 5.97 Å². The first-order valence-electron chi connectivity index (χ1n) is 5.57. The van der Waals surface area contributed by atoms with Gasteiger partial charge in [-0.15, -0.1) is 0 Å². The molecule has 0 amide bonds. The predicted octanol–water partition coefficient (Wildman–Crippen LogP) is 2.04. The summed E-state index contributed by atoms with van der Waals surface area (Å²) in [5.74, 6) is -0.629. The van der Waals surface area contributed by atoms with Gasteiger partial charge in [-0.05, 0) is 26.7 Å². The second-order valence-corrected chi connectivity index (χ2v) is 4.27. The Bertz CT molecular complexity index is 258. The van der Waals surface area contributed by atoms with Crippen molar-refractivity contribution in [1.82, 2.24) is 0 Å². The number of carbonyl (C=O) groups excluding carboxylic acids is 1. The van der Waals surface area contributed by atoms with Gasteiger partial charge in [0.15, 0.2) is 5.79 Å². The van der Waals surface area contributed by atoms with Gasteiger partial charge in [-0.1, -0.05) is 12.2 Å². The molecule has 0 saturated carbocycles. The van der Waals surface area contributed by atoms with E-state index in [0.29, 0.717) is 19.4 Å². The Morgan fingerprint density at radius 2 is 2.25 bits per heavy atom. The van der Waals surface area contributed by atoms with Crippen LogP contribution in [-0.2, 0) is 19.0 Å². The van der Waals surface area contributed by atoms with Crippen LogP contribution >= 0.6 is 0 Å². The van der Waals surface area contributed by atoms with Crippen LogP contribution in [0.4, 0.5) is 0 Å².